The van der Waals surface area contributed by atoms with Crippen molar-refractivity contribution < 1.29 is 27.9 Å². The zero-order valence-corrected chi connectivity index (χ0v) is 12.6. The number of esters is 1. The van der Waals surface area contributed by atoms with Gasteiger partial charge in [-0.05, 0) is 19.8 Å². The Morgan fingerprint density at radius 1 is 1.25 bits per heavy atom. The fraction of sp³-hybridized carbons (Fsp3) is 0.462. The molecule has 11 heteroatoms. The molecule has 1 saturated carbocycles. The minimum Gasteiger partial charge on any atom is -0.464 e. The number of halogens is 2. The van der Waals surface area contributed by atoms with Crippen LogP contribution >= 0.6 is 0 Å². The molecule has 0 unspecified atom stereocenters. The van der Waals surface area contributed by atoms with Crippen LogP contribution in [0.15, 0.2) is 12.4 Å². The van der Waals surface area contributed by atoms with Gasteiger partial charge in [-0.2, -0.15) is 8.78 Å². The van der Waals surface area contributed by atoms with E-state index in [0.717, 1.165) is 12.4 Å². The predicted molar refractivity (Wildman–Crippen MR) is 75.9 cm³/mol. The Morgan fingerprint density at radius 2 is 1.88 bits per heavy atom. The number of rotatable bonds is 6. The number of carbonyl (C=O) groups is 3. The standard InChI is InChI=1S/C13H15F2N5O4/c1-2-24-11(23)13(3-4-13)18-12-16-5-7(6-17-12)9(21)19-20-10(22)8(14)15/h5-6,8H,2-4H2,1H3,(H,19,21)(H,20,22)(H,16,17,18). The molecule has 0 bridgehead atoms. The van der Waals surface area contributed by atoms with Gasteiger partial charge in [-0.1, -0.05) is 0 Å². The third-order valence-corrected chi connectivity index (χ3v) is 3.18. The first kappa shape index (κ1) is 17.5. The molecule has 0 radical (unpaired) electrons. The van der Waals surface area contributed by atoms with Crippen LogP contribution in [-0.2, 0) is 14.3 Å². The summed E-state index contributed by atoms with van der Waals surface area (Å²) in [6.07, 6.45) is 0.167. The molecule has 2 amide bonds. The van der Waals surface area contributed by atoms with E-state index in [1.807, 2.05) is 0 Å². The van der Waals surface area contributed by atoms with E-state index < -0.39 is 29.7 Å². The van der Waals surface area contributed by atoms with Crippen molar-refractivity contribution in [3.05, 3.63) is 18.0 Å². The lowest BCUT2D eigenvalue weighted by Crippen LogP contribution is -2.44. The summed E-state index contributed by atoms with van der Waals surface area (Å²) in [6.45, 7) is 1.96. The van der Waals surface area contributed by atoms with Crippen LogP contribution in [-0.4, -0.2) is 46.3 Å². The molecule has 0 aromatic carbocycles. The number of hydrogen-bond donors (Lipinski definition) is 3. The van der Waals surface area contributed by atoms with Crippen molar-refractivity contribution in [2.75, 3.05) is 11.9 Å². The largest absolute Gasteiger partial charge is 0.464 e. The normalized spacial score (nSPS) is 14.7. The van der Waals surface area contributed by atoms with Gasteiger partial charge in [0.1, 0.15) is 5.54 Å². The lowest BCUT2D eigenvalue weighted by Gasteiger charge is -2.15. The van der Waals surface area contributed by atoms with E-state index in [2.05, 4.69) is 15.3 Å². The Morgan fingerprint density at radius 3 is 2.38 bits per heavy atom. The van der Waals surface area contributed by atoms with Gasteiger partial charge in [0.05, 0.1) is 12.2 Å². The molecule has 2 rings (SSSR count). The van der Waals surface area contributed by atoms with Gasteiger partial charge in [0.15, 0.2) is 0 Å². The number of ether oxygens (including phenoxy) is 1. The number of alkyl halides is 2. The molecule has 3 N–H and O–H groups in total. The fourth-order valence-corrected chi connectivity index (χ4v) is 1.74. The summed E-state index contributed by atoms with van der Waals surface area (Å²) in [5.74, 6) is -2.77. The fourth-order valence-electron chi connectivity index (χ4n) is 1.74. The molecule has 1 aromatic rings. The monoisotopic (exact) mass is 343 g/mol. The molecule has 24 heavy (non-hydrogen) atoms. The highest BCUT2D eigenvalue weighted by atomic mass is 19.3. The van der Waals surface area contributed by atoms with Crippen molar-refractivity contribution in [3.8, 4) is 0 Å². The number of hydrazine groups is 1. The summed E-state index contributed by atoms with van der Waals surface area (Å²) in [4.78, 5) is 41.8. The summed E-state index contributed by atoms with van der Waals surface area (Å²) in [5, 5.41) is 2.85. The number of nitrogens with zero attached hydrogens (tertiary/aromatic N) is 2. The Kier molecular flexibility index (Phi) is 5.21. The van der Waals surface area contributed by atoms with E-state index in [1.165, 1.54) is 0 Å². The summed E-state index contributed by atoms with van der Waals surface area (Å²) < 4.78 is 28.9. The lowest BCUT2D eigenvalue weighted by molar-refractivity contribution is -0.145. The van der Waals surface area contributed by atoms with Crippen LogP contribution in [0.5, 0.6) is 0 Å². The van der Waals surface area contributed by atoms with E-state index in [0.29, 0.717) is 12.8 Å². The second-order valence-electron chi connectivity index (χ2n) is 4.97. The van der Waals surface area contributed by atoms with Crippen molar-refractivity contribution in [2.45, 2.75) is 31.7 Å². The first-order valence-electron chi connectivity index (χ1n) is 7.04. The maximum absolute atomic E-state index is 12.0. The zero-order valence-electron chi connectivity index (χ0n) is 12.6. The van der Waals surface area contributed by atoms with Crippen LogP contribution in [0.1, 0.15) is 30.1 Å². The van der Waals surface area contributed by atoms with Crippen LogP contribution in [0, 0.1) is 0 Å². The maximum atomic E-state index is 12.0. The summed E-state index contributed by atoms with van der Waals surface area (Å²) in [6, 6.07) is 0. The maximum Gasteiger partial charge on any atom is 0.331 e. The quantitative estimate of drug-likeness (QED) is 0.491. The van der Waals surface area contributed by atoms with Crippen molar-refractivity contribution in [1.29, 1.82) is 0 Å². The molecule has 9 nitrogen and oxygen atoms in total. The third kappa shape index (κ3) is 4.12. The third-order valence-electron chi connectivity index (χ3n) is 3.18. The number of amides is 2. The Labute approximate surface area is 135 Å². The number of hydrogen-bond acceptors (Lipinski definition) is 7. The van der Waals surface area contributed by atoms with E-state index in [4.69, 9.17) is 4.74 Å². The summed E-state index contributed by atoms with van der Waals surface area (Å²) in [7, 11) is 0. The Bertz CT molecular complexity index is 634. The van der Waals surface area contributed by atoms with Crippen LogP contribution in [0.3, 0.4) is 0 Å². The van der Waals surface area contributed by atoms with E-state index in [9.17, 15) is 23.2 Å². The molecule has 130 valence electrons. The topological polar surface area (TPSA) is 122 Å². The van der Waals surface area contributed by atoms with Gasteiger partial charge in [-0.3, -0.25) is 20.4 Å². The van der Waals surface area contributed by atoms with Gasteiger partial charge in [0, 0.05) is 12.4 Å². The average molecular weight is 343 g/mol. The molecule has 1 aliphatic rings. The van der Waals surface area contributed by atoms with Crippen LogP contribution in [0.2, 0.25) is 0 Å². The van der Waals surface area contributed by atoms with Crippen molar-refractivity contribution in [2.24, 2.45) is 0 Å². The van der Waals surface area contributed by atoms with E-state index in [-0.39, 0.29) is 18.1 Å². The second kappa shape index (κ2) is 7.15. The highest BCUT2D eigenvalue weighted by molar-refractivity contribution is 5.95. The van der Waals surface area contributed by atoms with Gasteiger partial charge < -0.3 is 10.1 Å². The number of nitrogens with one attached hydrogen (secondary N) is 3. The van der Waals surface area contributed by atoms with Crippen molar-refractivity contribution >= 4 is 23.7 Å². The molecule has 1 heterocycles. The molecule has 0 atom stereocenters. The molecular formula is C13H15F2N5O4. The predicted octanol–water partition coefficient (Wildman–Crippen LogP) is 0.0103. The van der Waals surface area contributed by atoms with Gasteiger partial charge in [-0.15, -0.1) is 0 Å². The second-order valence-corrected chi connectivity index (χ2v) is 4.97. The number of anilines is 1. The minimum atomic E-state index is -3.24. The molecular weight excluding hydrogens is 328 g/mol. The SMILES string of the molecule is CCOC(=O)C1(Nc2ncc(C(=O)NNC(=O)C(F)F)cn2)CC1. The first-order chi connectivity index (χ1) is 11.4. The van der Waals surface area contributed by atoms with Gasteiger partial charge in [0.2, 0.25) is 5.95 Å². The Balaban J connectivity index is 1.92. The average Bonchev–Trinajstić information content (AvgIpc) is 3.34. The minimum absolute atomic E-state index is 0.0592. The lowest BCUT2D eigenvalue weighted by atomic mass is 10.3. The zero-order chi connectivity index (χ0) is 17.7. The van der Waals surface area contributed by atoms with Crippen LogP contribution in [0.25, 0.3) is 0 Å². The molecule has 1 aliphatic carbocycles. The summed E-state index contributed by atoms with van der Waals surface area (Å²) >= 11 is 0. The highest BCUT2D eigenvalue weighted by Crippen LogP contribution is 2.39. The van der Waals surface area contributed by atoms with Crippen molar-refractivity contribution in [3.63, 3.8) is 0 Å². The van der Waals surface area contributed by atoms with Crippen molar-refractivity contribution in [1.82, 2.24) is 20.8 Å². The van der Waals surface area contributed by atoms with Gasteiger partial charge >= 0.3 is 18.3 Å². The summed E-state index contributed by atoms with van der Waals surface area (Å²) in [5.41, 5.74) is 2.45. The molecule has 0 aliphatic heterocycles. The Hall–Kier alpha value is -2.85. The van der Waals surface area contributed by atoms with Gasteiger partial charge in [-0.25, -0.2) is 14.8 Å². The number of aromatic nitrogens is 2. The van der Waals surface area contributed by atoms with Crippen LogP contribution < -0.4 is 16.2 Å². The molecule has 0 spiro atoms. The molecule has 1 fully saturated rings. The molecule has 0 saturated heterocycles. The van der Waals surface area contributed by atoms with Gasteiger partial charge in [0.25, 0.3) is 5.91 Å². The van der Waals surface area contributed by atoms with Crippen LogP contribution in [0.4, 0.5) is 14.7 Å². The highest BCUT2D eigenvalue weighted by Gasteiger charge is 2.52. The van der Waals surface area contributed by atoms with E-state index in [1.54, 1.807) is 17.8 Å². The van der Waals surface area contributed by atoms with E-state index >= 15 is 0 Å². The smallest absolute Gasteiger partial charge is 0.331 e. The first-order valence-corrected chi connectivity index (χ1v) is 7.04. The molecule has 1 aromatic heterocycles. The number of carbonyl (C=O) groups excluding carboxylic acids is 3.